The minimum Gasteiger partial charge on any atom is -0.352 e. The van der Waals surface area contributed by atoms with Crippen LogP contribution in [0.15, 0.2) is 16.6 Å². The van der Waals surface area contributed by atoms with Gasteiger partial charge in [0, 0.05) is 16.3 Å². The number of hydrogen-bond donors (Lipinski definition) is 1. The van der Waals surface area contributed by atoms with Gasteiger partial charge in [-0.3, -0.25) is 4.79 Å². The lowest BCUT2D eigenvalue weighted by molar-refractivity contribution is 0.0937. The Morgan fingerprint density at radius 3 is 2.40 bits per heavy atom. The highest BCUT2D eigenvalue weighted by molar-refractivity contribution is 9.10. The van der Waals surface area contributed by atoms with Gasteiger partial charge in [0.05, 0.1) is 0 Å². The smallest absolute Gasteiger partial charge is 0.257 e. The van der Waals surface area contributed by atoms with E-state index in [0.717, 1.165) is 36.7 Å². The zero-order valence-electron chi connectivity index (χ0n) is 11.2. The summed E-state index contributed by atoms with van der Waals surface area (Å²) < 4.78 is 27.6. The Labute approximate surface area is 134 Å². The highest BCUT2D eigenvalue weighted by Gasteiger charge is 2.19. The van der Waals surface area contributed by atoms with E-state index in [0.29, 0.717) is 12.5 Å². The second-order valence-corrected chi connectivity index (χ2v) is 6.30. The molecule has 0 bridgehead atoms. The Hall–Kier alpha value is -0.490. The van der Waals surface area contributed by atoms with Gasteiger partial charge < -0.3 is 5.32 Å². The third-order valence-corrected chi connectivity index (χ3v) is 3.92. The number of nitrogens with one attached hydrogen (secondary N) is 1. The van der Waals surface area contributed by atoms with Gasteiger partial charge in [0.1, 0.15) is 17.2 Å². The van der Waals surface area contributed by atoms with Crippen molar-refractivity contribution in [1.29, 1.82) is 0 Å². The summed E-state index contributed by atoms with van der Waals surface area (Å²) in [6.07, 6.45) is 2.89. The SMILES string of the molecule is CCCC(CCBr)CNC(=O)c1c(F)cc(Br)cc1F. The Balaban J connectivity index is 2.71. The van der Waals surface area contributed by atoms with E-state index in [2.05, 4.69) is 44.1 Å². The predicted octanol–water partition coefficient (Wildman–Crippen LogP) is 4.66. The molecule has 1 atom stereocenters. The fraction of sp³-hybridized carbons (Fsp3) is 0.500. The van der Waals surface area contributed by atoms with Gasteiger partial charge in [-0.05, 0) is 30.9 Å². The van der Waals surface area contributed by atoms with E-state index in [-0.39, 0.29) is 4.47 Å². The molecule has 0 heterocycles. The number of carbonyl (C=O) groups is 1. The monoisotopic (exact) mass is 411 g/mol. The first-order chi connectivity index (χ1) is 9.49. The summed E-state index contributed by atoms with van der Waals surface area (Å²) in [4.78, 5) is 11.9. The van der Waals surface area contributed by atoms with E-state index in [1.807, 2.05) is 0 Å². The van der Waals surface area contributed by atoms with Crippen molar-refractivity contribution in [3.05, 3.63) is 33.8 Å². The summed E-state index contributed by atoms with van der Waals surface area (Å²) in [5.41, 5.74) is -0.526. The molecule has 0 aliphatic carbocycles. The highest BCUT2D eigenvalue weighted by Crippen LogP contribution is 2.19. The average molecular weight is 413 g/mol. The summed E-state index contributed by atoms with van der Waals surface area (Å²) >= 11 is 6.35. The van der Waals surface area contributed by atoms with Gasteiger partial charge in [-0.1, -0.05) is 45.2 Å². The molecule has 0 saturated heterocycles. The van der Waals surface area contributed by atoms with Crippen LogP contribution in [-0.4, -0.2) is 17.8 Å². The molecule has 0 aliphatic rings. The van der Waals surface area contributed by atoms with Crippen LogP contribution in [0.3, 0.4) is 0 Å². The first kappa shape index (κ1) is 17.6. The van der Waals surface area contributed by atoms with E-state index in [9.17, 15) is 13.6 Å². The molecular weight excluding hydrogens is 396 g/mol. The van der Waals surface area contributed by atoms with Gasteiger partial charge in [-0.25, -0.2) is 8.78 Å². The van der Waals surface area contributed by atoms with Gasteiger partial charge >= 0.3 is 0 Å². The van der Waals surface area contributed by atoms with Crippen LogP contribution in [0.5, 0.6) is 0 Å². The van der Waals surface area contributed by atoms with Gasteiger partial charge in [-0.2, -0.15) is 0 Å². The normalized spacial score (nSPS) is 12.2. The maximum absolute atomic E-state index is 13.6. The molecule has 0 spiro atoms. The Morgan fingerprint density at radius 1 is 1.30 bits per heavy atom. The fourth-order valence-electron chi connectivity index (χ4n) is 2.00. The van der Waals surface area contributed by atoms with Crippen LogP contribution in [0, 0.1) is 17.6 Å². The van der Waals surface area contributed by atoms with Crippen molar-refractivity contribution >= 4 is 37.8 Å². The molecule has 1 N–H and O–H groups in total. The summed E-state index contributed by atoms with van der Waals surface area (Å²) in [7, 11) is 0. The fourth-order valence-corrected chi connectivity index (χ4v) is 3.05. The quantitative estimate of drug-likeness (QED) is 0.648. The van der Waals surface area contributed by atoms with Gasteiger partial charge in [0.25, 0.3) is 5.91 Å². The molecule has 1 aromatic rings. The number of carbonyl (C=O) groups excluding carboxylic acids is 1. The number of alkyl halides is 1. The van der Waals surface area contributed by atoms with Crippen molar-refractivity contribution in [3.8, 4) is 0 Å². The zero-order chi connectivity index (χ0) is 15.1. The van der Waals surface area contributed by atoms with Crippen molar-refractivity contribution in [3.63, 3.8) is 0 Å². The van der Waals surface area contributed by atoms with Gasteiger partial charge in [0.2, 0.25) is 0 Å². The molecule has 112 valence electrons. The lowest BCUT2D eigenvalue weighted by atomic mass is 10.0. The van der Waals surface area contributed by atoms with Crippen molar-refractivity contribution in [1.82, 2.24) is 5.32 Å². The van der Waals surface area contributed by atoms with Crippen LogP contribution in [0.2, 0.25) is 0 Å². The molecule has 1 aromatic carbocycles. The molecule has 0 aliphatic heterocycles. The molecule has 0 fully saturated rings. The summed E-state index contributed by atoms with van der Waals surface area (Å²) in [5.74, 6) is -2.11. The van der Waals surface area contributed by atoms with Gasteiger partial charge in [0.15, 0.2) is 0 Å². The average Bonchev–Trinajstić information content (AvgIpc) is 2.35. The minimum atomic E-state index is -0.859. The van der Waals surface area contributed by atoms with E-state index < -0.39 is 23.1 Å². The lowest BCUT2D eigenvalue weighted by Crippen LogP contribution is -2.31. The van der Waals surface area contributed by atoms with Crippen molar-refractivity contribution in [2.45, 2.75) is 26.2 Å². The molecule has 1 rings (SSSR count). The first-order valence-electron chi connectivity index (χ1n) is 6.48. The lowest BCUT2D eigenvalue weighted by Gasteiger charge is -2.16. The predicted molar refractivity (Wildman–Crippen MR) is 83.2 cm³/mol. The summed E-state index contributed by atoms with van der Waals surface area (Å²) in [6.45, 7) is 2.49. The molecule has 0 radical (unpaired) electrons. The molecule has 0 saturated carbocycles. The summed E-state index contributed by atoms with van der Waals surface area (Å²) in [5, 5.41) is 3.46. The maximum Gasteiger partial charge on any atom is 0.257 e. The molecule has 1 unspecified atom stereocenters. The van der Waals surface area contributed by atoms with Crippen LogP contribution >= 0.6 is 31.9 Å². The number of amides is 1. The number of benzene rings is 1. The van der Waals surface area contributed by atoms with Crippen molar-refractivity contribution in [2.75, 3.05) is 11.9 Å². The molecule has 2 nitrogen and oxygen atoms in total. The molecule has 1 amide bonds. The number of rotatable bonds is 7. The van der Waals surface area contributed by atoms with Crippen molar-refractivity contribution < 1.29 is 13.6 Å². The van der Waals surface area contributed by atoms with Crippen LogP contribution in [0.1, 0.15) is 36.5 Å². The molecular formula is C14H17Br2F2NO. The number of halogens is 4. The minimum absolute atomic E-state index is 0.271. The van der Waals surface area contributed by atoms with Crippen LogP contribution in [0.4, 0.5) is 8.78 Å². The summed E-state index contributed by atoms with van der Waals surface area (Å²) in [6, 6.07) is 2.17. The highest BCUT2D eigenvalue weighted by atomic mass is 79.9. The van der Waals surface area contributed by atoms with Gasteiger partial charge in [-0.15, -0.1) is 0 Å². The maximum atomic E-state index is 13.6. The Bertz CT molecular complexity index is 439. The molecule has 20 heavy (non-hydrogen) atoms. The molecule has 0 aromatic heterocycles. The number of hydrogen-bond acceptors (Lipinski definition) is 1. The third kappa shape index (κ3) is 5.13. The second-order valence-electron chi connectivity index (χ2n) is 4.59. The largest absolute Gasteiger partial charge is 0.352 e. The zero-order valence-corrected chi connectivity index (χ0v) is 14.4. The second kappa shape index (κ2) is 8.72. The van der Waals surface area contributed by atoms with E-state index >= 15 is 0 Å². The molecule has 6 heteroatoms. The van der Waals surface area contributed by atoms with E-state index in [1.165, 1.54) is 0 Å². The van der Waals surface area contributed by atoms with Crippen LogP contribution in [-0.2, 0) is 0 Å². The van der Waals surface area contributed by atoms with Crippen LogP contribution in [0.25, 0.3) is 0 Å². The Kier molecular flexibility index (Phi) is 7.66. The third-order valence-electron chi connectivity index (χ3n) is 3.00. The van der Waals surface area contributed by atoms with Crippen LogP contribution < -0.4 is 5.32 Å². The Morgan fingerprint density at radius 2 is 1.90 bits per heavy atom. The standard InChI is InChI=1S/C14H17Br2F2NO/c1-2-3-9(4-5-15)8-19-14(20)13-11(17)6-10(16)7-12(13)18/h6-7,9H,2-5,8H2,1H3,(H,19,20). The topological polar surface area (TPSA) is 29.1 Å². The first-order valence-corrected chi connectivity index (χ1v) is 8.39. The van der Waals surface area contributed by atoms with E-state index in [4.69, 9.17) is 0 Å². The van der Waals surface area contributed by atoms with E-state index in [1.54, 1.807) is 0 Å². The van der Waals surface area contributed by atoms with Crippen molar-refractivity contribution in [2.24, 2.45) is 5.92 Å².